The molecule has 0 atom stereocenters. The molecule has 1 aromatic rings. The lowest BCUT2D eigenvalue weighted by atomic mass is 10.3. The van der Waals surface area contributed by atoms with Gasteiger partial charge in [-0.2, -0.15) is 0 Å². The first kappa shape index (κ1) is 14.9. The van der Waals surface area contributed by atoms with Crippen molar-refractivity contribution in [2.24, 2.45) is 5.84 Å². The van der Waals surface area contributed by atoms with E-state index in [9.17, 15) is 14.9 Å². The van der Waals surface area contributed by atoms with Gasteiger partial charge in [0, 0.05) is 20.1 Å². The lowest BCUT2D eigenvalue weighted by Crippen LogP contribution is -2.37. The highest BCUT2D eigenvalue weighted by Crippen LogP contribution is 2.30. The maximum absolute atomic E-state index is 12.1. The number of likely N-dealkylation sites (tertiary alicyclic amines) is 1. The number of nitrogens with one attached hydrogen (secondary N) is 1. The summed E-state index contributed by atoms with van der Waals surface area (Å²) in [4.78, 5) is 33.4. The summed E-state index contributed by atoms with van der Waals surface area (Å²) < 4.78 is 0. The van der Waals surface area contributed by atoms with Crippen molar-refractivity contribution in [3.63, 3.8) is 0 Å². The molecule has 1 aliphatic heterocycles. The van der Waals surface area contributed by atoms with E-state index in [-0.39, 0.29) is 29.8 Å². The number of anilines is 2. The molecule has 0 aromatic carbocycles. The van der Waals surface area contributed by atoms with E-state index in [2.05, 4.69) is 15.4 Å². The number of nitro groups is 1. The Morgan fingerprint density at radius 3 is 2.76 bits per heavy atom. The minimum absolute atomic E-state index is 0.0157. The van der Waals surface area contributed by atoms with Gasteiger partial charge in [0.15, 0.2) is 0 Å². The van der Waals surface area contributed by atoms with Crippen LogP contribution in [0.25, 0.3) is 0 Å². The second-order valence-electron chi connectivity index (χ2n) is 4.74. The SMILES string of the molecule is CN(CC(=O)N1CCCC1)c1ncnc(NN)c1[N+](=O)[O-]. The number of aromatic nitrogens is 2. The smallest absolute Gasteiger partial charge is 0.344 e. The molecular weight excluding hydrogens is 278 g/mol. The van der Waals surface area contributed by atoms with Gasteiger partial charge in [-0.05, 0) is 12.8 Å². The molecule has 2 heterocycles. The number of amides is 1. The lowest BCUT2D eigenvalue weighted by Gasteiger charge is -2.22. The van der Waals surface area contributed by atoms with E-state index >= 15 is 0 Å². The summed E-state index contributed by atoms with van der Waals surface area (Å²) in [5, 5.41) is 11.2. The van der Waals surface area contributed by atoms with Crippen LogP contribution in [0.4, 0.5) is 17.3 Å². The Kier molecular flexibility index (Phi) is 4.48. The molecule has 0 aliphatic carbocycles. The first-order valence-corrected chi connectivity index (χ1v) is 6.49. The third-order valence-electron chi connectivity index (χ3n) is 3.32. The zero-order valence-electron chi connectivity index (χ0n) is 11.7. The number of nitrogens with zero attached hydrogens (tertiary/aromatic N) is 5. The third-order valence-corrected chi connectivity index (χ3v) is 3.32. The molecule has 114 valence electrons. The Labute approximate surface area is 121 Å². The Morgan fingerprint density at radius 2 is 2.19 bits per heavy atom. The molecular formula is C11H17N7O3. The van der Waals surface area contributed by atoms with Crippen LogP contribution in [0.5, 0.6) is 0 Å². The Morgan fingerprint density at radius 1 is 1.52 bits per heavy atom. The van der Waals surface area contributed by atoms with Crippen molar-refractivity contribution in [1.29, 1.82) is 0 Å². The molecule has 0 bridgehead atoms. The second-order valence-corrected chi connectivity index (χ2v) is 4.74. The van der Waals surface area contributed by atoms with E-state index in [1.165, 1.54) is 4.90 Å². The van der Waals surface area contributed by atoms with Crippen molar-refractivity contribution in [3.05, 3.63) is 16.4 Å². The molecule has 0 spiro atoms. The van der Waals surface area contributed by atoms with E-state index in [1.54, 1.807) is 11.9 Å². The van der Waals surface area contributed by atoms with E-state index in [0.29, 0.717) is 0 Å². The molecule has 1 aliphatic rings. The molecule has 0 radical (unpaired) electrons. The molecule has 21 heavy (non-hydrogen) atoms. The summed E-state index contributed by atoms with van der Waals surface area (Å²) in [6.45, 7) is 1.48. The first-order chi connectivity index (χ1) is 10.0. The largest absolute Gasteiger partial charge is 0.354 e. The van der Waals surface area contributed by atoms with Crippen molar-refractivity contribution in [2.75, 3.05) is 37.0 Å². The Bertz CT molecular complexity index is 545. The summed E-state index contributed by atoms with van der Waals surface area (Å²) in [5.41, 5.74) is 1.82. The maximum Gasteiger partial charge on any atom is 0.354 e. The minimum Gasteiger partial charge on any atom is -0.344 e. The summed E-state index contributed by atoms with van der Waals surface area (Å²) in [6.07, 6.45) is 3.14. The van der Waals surface area contributed by atoms with Crippen molar-refractivity contribution in [3.8, 4) is 0 Å². The third kappa shape index (κ3) is 3.16. The minimum atomic E-state index is -0.624. The van der Waals surface area contributed by atoms with Crippen LogP contribution in [0.15, 0.2) is 6.33 Å². The fraction of sp³-hybridized carbons (Fsp3) is 0.545. The fourth-order valence-corrected chi connectivity index (χ4v) is 2.27. The Balaban J connectivity index is 2.20. The van der Waals surface area contributed by atoms with Crippen LogP contribution in [0, 0.1) is 10.1 Å². The average molecular weight is 295 g/mol. The van der Waals surface area contributed by atoms with Gasteiger partial charge in [-0.1, -0.05) is 0 Å². The highest BCUT2D eigenvalue weighted by molar-refractivity contribution is 5.83. The number of rotatable bonds is 5. The number of hydrazine groups is 1. The van der Waals surface area contributed by atoms with Crippen LogP contribution < -0.4 is 16.2 Å². The van der Waals surface area contributed by atoms with Gasteiger partial charge in [-0.15, -0.1) is 0 Å². The molecule has 10 heteroatoms. The quantitative estimate of drug-likeness (QED) is 0.431. The highest BCUT2D eigenvalue weighted by atomic mass is 16.6. The molecule has 1 saturated heterocycles. The standard InChI is InChI=1S/C11H17N7O3/c1-16(6-8(19)17-4-2-3-5-17)11-9(18(20)21)10(15-12)13-7-14-11/h7H,2-6,12H2,1H3,(H,13,14,15). The number of hydrogen-bond donors (Lipinski definition) is 2. The summed E-state index contributed by atoms with van der Waals surface area (Å²) in [7, 11) is 1.57. The molecule has 1 fully saturated rings. The molecule has 3 N–H and O–H groups in total. The van der Waals surface area contributed by atoms with Crippen molar-refractivity contribution in [1.82, 2.24) is 14.9 Å². The predicted molar refractivity (Wildman–Crippen MR) is 75.6 cm³/mol. The average Bonchev–Trinajstić information content (AvgIpc) is 3.00. The first-order valence-electron chi connectivity index (χ1n) is 6.49. The maximum atomic E-state index is 12.1. The molecule has 0 saturated carbocycles. The summed E-state index contributed by atoms with van der Waals surface area (Å²) in [6, 6.07) is 0. The van der Waals surface area contributed by atoms with Crippen LogP contribution in [-0.2, 0) is 4.79 Å². The van der Waals surface area contributed by atoms with Crippen LogP contribution >= 0.6 is 0 Å². The molecule has 2 rings (SSSR count). The van der Waals surface area contributed by atoms with Crippen LogP contribution in [-0.4, -0.2) is 52.4 Å². The van der Waals surface area contributed by atoms with Gasteiger partial charge in [0.25, 0.3) is 0 Å². The van der Waals surface area contributed by atoms with Crippen molar-refractivity contribution >= 4 is 23.2 Å². The summed E-state index contributed by atoms with van der Waals surface area (Å²) in [5.74, 6) is 5.10. The Hall–Kier alpha value is -2.49. The number of carbonyl (C=O) groups is 1. The summed E-state index contributed by atoms with van der Waals surface area (Å²) >= 11 is 0. The predicted octanol–water partition coefficient (Wildman–Crippen LogP) is -0.271. The molecule has 0 unspecified atom stereocenters. The van der Waals surface area contributed by atoms with Gasteiger partial charge in [-0.3, -0.25) is 14.9 Å². The molecule has 1 amide bonds. The topological polar surface area (TPSA) is 131 Å². The number of carbonyl (C=O) groups excluding carboxylic acids is 1. The number of nitrogens with two attached hydrogens (primary N) is 1. The van der Waals surface area contributed by atoms with Gasteiger partial charge >= 0.3 is 5.69 Å². The van der Waals surface area contributed by atoms with E-state index in [1.807, 2.05) is 0 Å². The van der Waals surface area contributed by atoms with Gasteiger partial charge in [-0.25, -0.2) is 15.8 Å². The van der Waals surface area contributed by atoms with E-state index < -0.39 is 4.92 Å². The van der Waals surface area contributed by atoms with Crippen molar-refractivity contribution < 1.29 is 9.72 Å². The normalized spacial score (nSPS) is 14.1. The molecule has 10 nitrogen and oxygen atoms in total. The number of hydrogen-bond acceptors (Lipinski definition) is 8. The fourth-order valence-electron chi connectivity index (χ4n) is 2.27. The number of nitrogen functional groups attached to an aromatic ring is 1. The monoisotopic (exact) mass is 295 g/mol. The lowest BCUT2D eigenvalue weighted by molar-refractivity contribution is -0.383. The number of likely N-dealkylation sites (N-methyl/N-ethyl adjacent to an activating group) is 1. The molecule has 1 aromatic heterocycles. The second kappa shape index (κ2) is 6.31. The highest BCUT2D eigenvalue weighted by Gasteiger charge is 2.27. The van der Waals surface area contributed by atoms with Gasteiger partial charge in [0.2, 0.25) is 17.5 Å². The van der Waals surface area contributed by atoms with Gasteiger partial charge in [0.05, 0.1) is 11.5 Å². The zero-order valence-corrected chi connectivity index (χ0v) is 11.7. The zero-order chi connectivity index (χ0) is 15.4. The van der Waals surface area contributed by atoms with Crippen LogP contribution in [0.1, 0.15) is 12.8 Å². The van der Waals surface area contributed by atoms with E-state index in [0.717, 1.165) is 32.3 Å². The van der Waals surface area contributed by atoms with Crippen LogP contribution in [0.3, 0.4) is 0 Å². The van der Waals surface area contributed by atoms with Crippen LogP contribution in [0.2, 0.25) is 0 Å². The van der Waals surface area contributed by atoms with E-state index in [4.69, 9.17) is 5.84 Å². The van der Waals surface area contributed by atoms with Crippen molar-refractivity contribution in [2.45, 2.75) is 12.8 Å². The van der Waals surface area contributed by atoms with Gasteiger partial charge in [0.1, 0.15) is 6.33 Å². The van der Waals surface area contributed by atoms with Gasteiger partial charge < -0.3 is 15.2 Å².